The van der Waals surface area contributed by atoms with Crippen molar-refractivity contribution in [3.8, 4) is 5.75 Å². The van der Waals surface area contributed by atoms with E-state index in [1.54, 1.807) is 24.2 Å². The van der Waals surface area contributed by atoms with Gasteiger partial charge in [-0.25, -0.2) is 0 Å². The molecule has 1 aromatic carbocycles. The van der Waals surface area contributed by atoms with Crippen LogP contribution in [0.5, 0.6) is 5.75 Å². The van der Waals surface area contributed by atoms with Gasteiger partial charge in [0.15, 0.2) is 0 Å². The number of benzene rings is 1. The van der Waals surface area contributed by atoms with Gasteiger partial charge in [-0.05, 0) is 43.7 Å². The van der Waals surface area contributed by atoms with Crippen LogP contribution in [0.1, 0.15) is 31.6 Å². The first-order valence-electron chi connectivity index (χ1n) is 8.79. The van der Waals surface area contributed by atoms with Gasteiger partial charge in [-0.15, -0.1) is 0 Å². The normalized spacial score (nSPS) is 10.4. The van der Waals surface area contributed by atoms with Gasteiger partial charge in [0.2, 0.25) is 5.91 Å². The number of rotatable bonds is 10. The van der Waals surface area contributed by atoms with E-state index in [0.717, 1.165) is 11.3 Å². The second-order valence-corrected chi connectivity index (χ2v) is 5.70. The molecule has 1 heterocycles. The monoisotopic (exact) mass is 359 g/mol. The first-order valence-corrected chi connectivity index (χ1v) is 8.79. The Morgan fingerprint density at radius 3 is 2.46 bits per heavy atom. The van der Waals surface area contributed by atoms with Crippen LogP contribution in [0.25, 0.3) is 0 Å². The predicted octanol–water partition coefficient (Wildman–Crippen LogP) is 3.20. The van der Waals surface area contributed by atoms with Gasteiger partial charge in [0.25, 0.3) is 0 Å². The number of nitrogens with zero attached hydrogens (tertiary/aromatic N) is 1. The van der Waals surface area contributed by atoms with Gasteiger partial charge in [0, 0.05) is 6.54 Å². The van der Waals surface area contributed by atoms with Gasteiger partial charge >= 0.3 is 5.97 Å². The molecule has 0 atom stereocenters. The third kappa shape index (κ3) is 6.27. The Labute approximate surface area is 153 Å². The molecule has 26 heavy (non-hydrogen) atoms. The number of carbonyl (C=O) groups is 2. The fourth-order valence-corrected chi connectivity index (χ4v) is 2.50. The molecule has 0 aliphatic carbocycles. The molecule has 0 spiro atoms. The Morgan fingerprint density at radius 1 is 1.08 bits per heavy atom. The summed E-state index contributed by atoms with van der Waals surface area (Å²) in [6, 6.07) is 11.0. The average molecular weight is 359 g/mol. The van der Waals surface area contributed by atoms with Crippen LogP contribution in [-0.4, -0.2) is 36.5 Å². The predicted molar refractivity (Wildman–Crippen MR) is 96.7 cm³/mol. The number of hydrogen-bond acceptors (Lipinski definition) is 5. The highest BCUT2D eigenvalue weighted by molar-refractivity contribution is 5.79. The lowest BCUT2D eigenvalue weighted by atomic mass is 10.1. The quantitative estimate of drug-likeness (QED) is 0.609. The van der Waals surface area contributed by atoms with Crippen LogP contribution in [0.2, 0.25) is 0 Å². The Balaban J connectivity index is 1.99. The van der Waals surface area contributed by atoms with Gasteiger partial charge in [-0.3, -0.25) is 9.59 Å². The second-order valence-electron chi connectivity index (χ2n) is 5.70. The molecule has 2 aromatic rings. The molecule has 0 unspecified atom stereocenters. The highest BCUT2D eigenvalue weighted by Gasteiger charge is 2.17. The molecule has 1 aromatic heterocycles. The van der Waals surface area contributed by atoms with E-state index in [1.165, 1.54) is 0 Å². The van der Waals surface area contributed by atoms with E-state index < -0.39 is 0 Å². The molecular formula is C20H25NO5. The average Bonchev–Trinajstić information content (AvgIpc) is 3.14. The van der Waals surface area contributed by atoms with Crippen molar-refractivity contribution in [1.82, 2.24) is 4.90 Å². The minimum Gasteiger partial charge on any atom is -0.494 e. The van der Waals surface area contributed by atoms with Crippen LogP contribution in [0, 0.1) is 0 Å². The van der Waals surface area contributed by atoms with Crippen LogP contribution in [0.15, 0.2) is 47.1 Å². The number of ether oxygens (including phenoxy) is 2. The Bertz CT molecular complexity index is 679. The molecule has 0 saturated carbocycles. The summed E-state index contributed by atoms with van der Waals surface area (Å²) in [4.78, 5) is 26.0. The SMILES string of the molecule is CCOC(=O)CCN(Cc1ccco1)C(=O)Cc1ccc(OCC)cc1. The van der Waals surface area contributed by atoms with E-state index >= 15 is 0 Å². The first-order chi connectivity index (χ1) is 12.6. The summed E-state index contributed by atoms with van der Waals surface area (Å²) < 4.78 is 15.7. The maximum absolute atomic E-state index is 12.7. The second kappa shape index (κ2) is 10.3. The van der Waals surface area contributed by atoms with Crippen LogP contribution < -0.4 is 4.74 Å². The molecule has 0 N–H and O–H groups in total. The van der Waals surface area contributed by atoms with Gasteiger partial charge < -0.3 is 18.8 Å². The number of furan rings is 1. The van der Waals surface area contributed by atoms with E-state index in [-0.39, 0.29) is 31.3 Å². The smallest absolute Gasteiger partial charge is 0.307 e. The lowest BCUT2D eigenvalue weighted by molar-refractivity contribution is -0.144. The molecule has 0 bridgehead atoms. The molecular weight excluding hydrogens is 334 g/mol. The van der Waals surface area contributed by atoms with E-state index in [0.29, 0.717) is 25.5 Å². The number of hydrogen-bond donors (Lipinski definition) is 0. The summed E-state index contributed by atoms with van der Waals surface area (Å²) in [6.07, 6.45) is 1.97. The van der Waals surface area contributed by atoms with Crippen LogP contribution in [0.4, 0.5) is 0 Å². The summed E-state index contributed by atoms with van der Waals surface area (Å²) >= 11 is 0. The minimum atomic E-state index is -0.314. The first kappa shape index (κ1) is 19.6. The zero-order chi connectivity index (χ0) is 18.8. The maximum atomic E-state index is 12.7. The van der Waals surface area contributed by atoms with Crippen molar-refractivity contribution in [3.05, 3.63) is 54.0 Å². The number of amides is 1. The molecule has 0 aliphatic heterocycles. The Morgan fingerprint density at radius 2 is 1.85 bits per heavy atom. The highest BCUT2D eigenvalue weighted by Crippen LogP contribution is 2.14. The molecule has 0 aliphatic rings. The van der Waals surface area contributed by atoms with Crippen molar-refractivity contribution in [2.45, 2.75) is 33.2 Å². The van der Waals surface area contributed by atoms with Crippen LogP contribution in [0.3, 0.4) is 0 Å². The third-order valence-electron chi connectivity index (χ3n) is 3.76. The standard InChI is InChI=1S/C20H25NO5/c1-3-24-17-9-7-16(8-10-17)14-19(22)21(12-11-20(23)25-4-2)15-18-6-5-13-26-18/h5-10,13H,3-4,11-12,14-15H2,1-2H3. The largest absolute Gasteiger partial charge is 0.494 e. The Kier molecular flexibility index (Phi) is 7.74. The van der Waals surface area contributed by atoms with Crippen LogP contribution in [-0.2, 0) is 27.3 Å². The summed E-state index contributed by atoms with van der Waals surface area (Å²) in [5.74, 6) is 1.06. The van der Waals surface area contributed by atoms with E-state index in [4.69, 9.17) is 13.9 Å². The summed E-state index contributed by atoms with van der Waals surface area (Å²) in [5.41, 5.74) is 0.888. The van der Waals surface area contributed by atoms with Crippen molar-refractivity contribution in [2.75, 3.05) is 19.8 Å². The van der Waals surface area contributed by atoms with E-state index in [1.807, 2.05) is 37.3 Å². The van der Waals surface area contributed by atoms with Gasteiger partial charge in [0.05, 0.1) is 38.9 Å². The van der Waals surface area contributed by atoms with Crippen LogP contribution >= 0.6 is 0 Å². The number of carbonyl (C=O) groups excluding carboxylic acids is 2. The zero-order valence-corrected chi connectivity index (χ0v) is 15.3. The fraction of sp³-hybridized carbons (Fsp3) is 0.400. The van der Waals surface area contributed by atoms with Gasteiger partial charge in [-0.2, -0.15) is 0 Å². The summed E-state index contributed by atoms with van der Waals surface area (Å²) in [6.45, 7) is 5.22. The van der Waals surface area contributed by atoms with E-state index in [9.17, 15) is 9.59 Å². The third-order valence-corrected chi connectivity index (χ3v) is 3.76. The molecule has 6 nitrogen and oxygen atoms in total. The van der Waals surface area contributed by atoms with Crippen molar-refractivity contribution in [2.24, 2.45) is 0 Å². The lowest BCUT2D eigenvalue weighted by Crippen LogP contribution is -2.34. The van der Waals surface area contributed by atoms with Crippen molar-refractivity contribution in [1.29, 1.82) is 0 Å². The zero-order valence-electron chi connectivity index (χ0n) is 15.3. The van der Waals surface area contributed by atoms with Gasteiger partial charge in [0.1, 0.15) is 11.5 Å². The highest BCUT2D eigenvalue weighted by atomic mass is 16.5. The molecule has 140 valence electrons. The molecule has 2 rings (SSSR count). The maximum Gasteiger partial charge on any atom is 0.307 e. The van der Waals surface area contributed by atoms with Gasteiger partial charge in [-0.1, -0.05) is 12.1 Å². The molecule has 6 heteroatoms. The molecule has 0 radical (unpaired) electrons. The van der Waals surface area contributed by atoms with Crippen molar-refractivity contribution in [3.63, 3.8) is 0 Å². The van der Waals surface area contributed by atoms with Crippen molar-refractivity contribution < 1.29 is 23.5 Å². The summed E-state index contributed by atoms with van der Waals surface area (Å²) in [7, 11) is 0. The topological polar surface area (TPSA) is 69.0 Å². The molecule has 0 saturated heterocycles. The molecule has 0 fully saturated rings. The number of esters is 1. The molecule has 1 amide bonds. The van der Waals surface area contributed by atoms with E-state index in [2.05, 4.69) is 0 Å². The fourth-order valence-electron chi connectivity index (χ4n) is 2.50. The summed E-state index contributed by atoms with van der Waals surface area (Å²) in [5, 5.41) is 0. The Hall–Kier alpha value is -2.76. The minimum absolute atomic E-state index is 0.0742. The lowest BCUT2D eigenvalue weighted by Gasteiger charge is -2.21. The van der Waals surface area contributed by atoms with Crippen molar-refractivity contribution >= 4 is 11.9 Å².